The van der Waals surface area contributed by atoms with E-state index in [2.05, 4.69) is 34.6 Å². The summed E-state index contributed by atoms with van der Waals surface area (Å²) in [5.74, 6) is 0.0142. The first-order chi connectivity index (χ1) is 10.1. The Bertz CT molecular complexity index is 644. The first-order valence-corrected chi connectivity index (χ1v) is 8.20. The van der Waals surface area contributed by atoms with E-state index in [9.17, 15) is 4.79 Å². The van der Waals surface area contributed by atoms with Crippen LogP contribution in [0, 0.1) is 13.8 Å². The van der Waals surface area contributed by atoms with E-state index >= 15 is 0 Å². The molecular formula is C17H20N2OS. The average Bonchev–Trinajstić information content (AvgIpc) is 2.77. The minimum atomic E-state index is 0.0142. The molecule has 1 aromatic heterocycles. The quantitative estimate of drug-likeness (QED) is 0.937. The monoisotopic (exact) mass is 300 g/mol. The number of hydrogen-bond acceptors (Lipinski definition) is 3. The Balaban J connectivity index is 1.72. The standard InChI is InChI=1S/C17H20N2OS/c1-12-15(21-13(2)19-12)16(20)18-11-17(9-6-10-17)14-7-4-3-5-8-14/h3-5,7-8H,6,9-11H2,1-2H3,(H,18,20). The first kappa shape index (κ1) is 14.3. The van der Waals surface area contributed by atoms with Crippen molar-refractivity contribution in [1.29, 1.82) is 0 Å². The zero-order chi connectivity index (χ0) is 14.9. The zero-order valence-electron chi connectivity index (χ0n) is 12.5. The number of carbonyl (C=O) groups excluding carboxylic acids is 1. The molecule has 1 N–H and O–H groups in total. The SMILES string of the molecule is Cc1nc(C)c(C(=O)NCC2(c3ccccc3)CCC2)s1. The number of aryl methyl sites for hydroxylation is 2. The van der Waals surface area contributed by atoms with Crippen LogP contribution >= 0.6 is 11.3 Å². The molecule has 1 saturated carbocycles. The van der Waals surface area contributed by atoms with E-state index in [1.807, 2.05) is 19.9 Å². The highest BCUT2D eigenvalue weighted by molar-refractivity contribution is 7.13. The molecule has 0 spiro atoms. The fourth-order valence-electron chi connectivity index (χ4n) is 3.03. The van der Waals surface area contributed by atoms with Crippen molar-refractivity contribution in [2.45, 2.75) is 38.5 Å². The van der Waals surface area contributed by atoms with E-state index < -0.39 is 0 Å². The number of nitrogens with zero attached hydrogens (tertiary/aromatic N) is 1. The van der Waals surface area contributed by atoms with Crippen LogP contribution in [-0.4, -0.2) is 17.4 Å². The van der Waals surface area contributed by atoms with Crippen LogP contribution in [0.15, 0.2) is 30.3 Å². The summed E-state index contributed by atoms with van der Waals surface area (Å²) in [5.41, 5.74) is 2.30. The molecule has 0 bridgehead atoms. The van der Waals surface area contributed by atoms with Crippen molar-refractivity contribution in [3.63, 3.8) is 0 Å². The summed E-state index contributed by atoms with van der Waals surface area (Å²) in [6.45, 7) is 4.55. The van der Waals surface area contributed by atoms with Crippen LogP contribution in [0.25, 0.3) is 0 Å². The molecule has 0 unspecified atom stereocenters. The van der Waals surface area contributed by atoms with Gasteiger partial charge in [-0.15, -0.1) is 11.3 Å². The second kappa shape index (κ2) is 5.60. The number of benzene rings is 1. The maximum absolute atomic E-state index is 12.4. The summed E-state index contributed by atoms with van der Waals surface area (Å²) < 4.78 is 0. The maximum atomic E-state index is 12.4. The largest absolute Gasteiger partial charge is 0.350 e. The molecule has 0 aliphatic heterocycles. The Morgan fingerprint density at radius 1 is 1.29 bits per heavy atom. The molecule has 1 aliphatic carbocycles. The fourth-order valence-corrected chi connectivity index (χ4v) is 3.87. The van der Waals surface area contributed by atoms with Crippen molar-refractivity contribution < 1.29 is 4.79 Å². The van der Waals surface area contributed by atoms with Gasteiger partial charge in [-0.2, -0.15) is 0 Å². The van der Waals surface area contributed by atoms with Crippen molar-refractivity contribution in [1.82, 2.24) is 10.3 Å². The number of hydrogen-bond donors (Lipinski definition) is 1. The van der Waals surface area contributed by atoms with Crippen LogP contribution in [0.1, 0.15) is 45.2 Å². The van der Waals surface area contributed by atoms with Gasteiger partial charge in [-0.3, -0.25) is 4.79 Å². The van der Waals surface area contributed by atoms with Gasteiger partial charge < -0.3 is 5.32 Å². The summed E-state index contributed by atoms with van der Waals surface area (Å²) in [4.78, 5) is 17.4. The third-order valence-corrected chi connectivity index (χ3v) is 5.47. The molecule has 1 heterocycles. The normalized spacial score (nSPS) is 16.3. The molecule has 0 atom stereocenters. The second-order valence-electron chi connectivity index (χ2n) is 5.83. The van der Waals surface area contributed by atoms with Crippen molar-refractivity contribution >= 4 is 17.2 Å². The van der Waals surface area contributed by atoms with E-state index in [1.165, 1.54) is 23.3 Å². The minimum absolute atomic E-state index is 0.0142. The van der Waals surface area contributed by atoms with Gasteiger partial charge in [-0.05, 0) is 32.3 Å². The predicted octanol–water partition coefficient (Wildman–Crippen LogP) is 3.61. The summed E-state index contributed by atoms with van der Waals surface area (Å²) in [5, 5.41) is 4.07. The summed E-state index contributed by atoms with van der Waals surface area (Å²) in [7, 11) is 0. The highest BCUT2D eigenvalue weighted by Crippen LogP contribution is 2.43. The van der Waals surface area contributed by atoms with Crippen molar-refractivity contribution in [2.75, 3.05) is 6.54 Å². The summed E-state index contributed by atoms with van der Waals surface area (Å²) in [6, 6.07) is 10.5. The van der Waals surface area contributed by atoms with Gasteiger partial charge >= 0.3 is 0 Å². The van der Waals surface area contributed by atoms with Crippen LogP contribution in [0.2, 0.25) is 0 Å². The predicted molar refractivity (Wildman–Crippen MR) is 85.9 cm³/mol. The van der Waals surface area contributed by atoms with Crippen molar-refractivity contribution in [3.05, 3.63) is 51.5 Å². The number of rotatable bonds is 4. The minimum Gasteiger partial charge on any atom is -0.350 e. The van der Waals surface area contributed by atoms with Crippen molar-refractivity contribution in [2.24, 2.45) is 0 Å². The van der Waals surface area contributed by atoms with E-state index in [1.54, 1.807) is 0 Å². The van der Waals surface area contributed by atoms with Gasteiger partial charge in [0, 0.05) is 12.0 Å². The Hall–Kier alpha value is -1.68. The number of carbonyl (C=O) groups is 1. The Kier molecular flexibility index (Phi) is 3.81. The third kappa shape index (κ3) is 2.72. The van der Waals surface area contributed by atoms with Gasteiger partial charge in [0.25, 0.3) is 5.91 Å². The van der Waals surface area contributed by atoms with Crippen LogP contribution in [-0.2, 0) is 5.41 Å². The van der Waals surface area contributed by atoms with E-state index in [-0.39, 0.29) is 11.3 Å². The highest BCUT2D eigenvalue weighted by Gasteiger charge is 2.38. The molecule has 110 valence electrons. The molecule has 2 aromatic rings. The third-order valence-electron chi connectivity index (χ3n) is 4.39. The Morgan fingerprint density at radius 3 is 2.52 bits per heavy atom. The van der Waals surface area contributed by atoms with Crippen molar-refractivity contribution in [3.8, 4) is 0 Å². The molecule has 0 radical (unpaired) electrons. The molecule has 3 rings (SSSR count). The van der Waals surface area contributed by atoms with Crippen LogP contribution < -0.4 is 5.32 Å². The van der Waals surface area contributed by atoms with Gasteiger partial charge in [0.15, 0.2) is 0 Å². The Morgan fingerprint density at radius 2 is 2.00 bits per heavy atom. The van der Waals surface area contributed by atoms with Crippen LogP contribution in [0.3, 0.4) is 0 Å². The first-order valence-electron chi connectivity index (χ1n) is 7.38. The summed E-state index contributed by atoms with van der Waals surface area (Å²) in [6.07, 6.45) is 3.54. The van der Waals surface area contributed by atoms with Gasteiger partial charge in [0.05, 0.1) is 10.7 Å². The molecule has 0 saturated heterocycles. The number of thiazole rings is 1. The molecule has 1 aliphatic rings. The molecule has 1 amide bonds. The lowest BCUT2D eigenvalue weighted by Crippen LogP contribution is -2.45. The van der Waals surface area contributed by atoms with E-state index in [0.29, 0.717) is 6.54 Å². The molecular weight excluding hydrogens is 280 g/mol. The Labute approximate surface area is 129 Å². The van der Waals surface area contributed by atoms with E-state index in [4.69, 9.17) is 0 Å². The topological polar surface area (TPSA) is 42.0 Å². The lowest BCUT2D eigenvalue weighted by Gasteiger charge is -2.42. The molecule has 1 aromatic carbocycles. The zero-order valence-corrected chi connectivity index (χ0v) is 13.3. The number of amides is 1. The van der Waals surface area contributed by atoms with Gasteiger partial charge in [-0.25, -0.2) is 4.98 Å². The molecule has 3 nitrogen and oxygen atoms in total. The lowest BCUT2D eigenvalue weighted by atomic mass is 9.64. The maximum Gasteiger partial charge on any atom is 0.263 e. The van der Waals surface area contributed by atoms with Crippen LogP contribution in [0.4, 0.5) is 0 Å². The molecule has 21 heavy (non-hydrogen) atoms. The number of nitrogens with one attached hydrogen (secondary N) is 1. The fraction of sp³-hybridized carbons (Fsp3) is 0.412. The van der Waals surface area contributed by atoms with E-state index in [0.717, 1.165) is 28.4 Å². The molecule has 1 fully saturated rings. The summed E-state index contributed by atoms with van der Waals surface area (Å²) >= 11 is 1.47. The molecule has 4 heteroatoms. The van der Waals surface area contributed by atoms with Crippen LogP contribution in [0.5, 0.6) is 0 Å². The van der Waals surface area contributed by atoms with Gasteiger partial charge in [0.1, 0.15) is 4.88 Å². The smallest absolute Gasteiger partial charge is 0.263 e. The average molecular weight is 300 g/mol. The van der Waals surface area contributed by atoms with Gasteiger partial charge in [-0.1, -0.05) is 36.8 Å². The van der Waals surface area contributed by atoms with Gasteiger partial charge in [0.2, 0.25) is 0 Å². The highest BCUT2D eigenvalue weighted by atomic mass is 32.1. The number of aromatic nitrogens is 1. The lowest BCUT2D eigenvalue weighted by molar-refractivity contribution is 0.0931. The second-order valence-corrected chi connectivity index (χ2v) is 7.03.